The Balaban J connectivity index is 2.55. The first-order chi connectivity index (χ1) is 8.30. The molecule has 0 aliphatic rings. The molecule has 0 saturated carbocycles. The van der Waals surface area contributed by atoms with Crippen LogP contribution in [0.5, 0.6) is 0 Å². The highest BCUT2D eigenvalue weighted by molar-refractivity contribution is 5.40. The molecule has 0 aromatic carbocycles. The Morgan fingerprint density at radius 1 is 1.56 bits per heavy atom. The fourth-order valence-electron chi connectivity index (χ4n) is 1.62. The zero-order chi connectivity index (χ0) is 13.8. The van der Waals surface area contributed by atoms with E-state index >= 15 is 0 Å². The molecule has 7 heteroatoms. The van der Waals surface area contributed by atoms with Gasteiger partial charge in [0.25, 0.3) is 5.69 Å². The van der Waals surface area contributed by atoms with Crippen LogP contribution in [-0.4, -0.2) is 52.7 Å². The van der Waals surface area contributed by atoms with Crippen molar-refractivity contribution in [2.45, 2.75) is 12.5 Å². The van der Waals surface area contributed by atoms with Gasteiger partial charge in [0.2, 0.25) is 0 Å². The highest BCUT2D eigenvalue weighted by Gasteiger charge is 2.21. The van der Waals surface area contributed by atoms with Crippen LogP contribution in [0.25, 0.3) is 0 Å². The van der Waals surface area contributed by atoms with Gasteiger partial charge >= 0.3 is 0 Å². The summed E-state index contributed by atoms with van der Waals surface area (Å²) < 4.78 is 0. The molecular formula is C11H18N4O3. The van der Waals surface area contributed by atoms with Crippen molar-refractivity contribution >= 4 is 11.5 Å². The van der Waals surface area contributed by atoms with Gasteiger partial charge in [-0.25, -0.2) is 4.98 Å². The number of hydrogen-bond donors (Lipinski definition) is 2. The van der Waals surface area contributed by atoms with Gasteiger partial charge in [-0.15, -0.1) is 0 Å². The molecule has 0 bridgehead atoms. The number of anilines is 1. The highest BCUT2D eigenvalue weighted by Crippen LogP contribution is 2.13. The van der Waals surface area contributed by atoms with E-state index < -0.39 is 10.5 Å². The van der Waals surface area contributed by atoms with Gasteiger partial charge in [0.1, 0.15) is 12.0 Å². The second-order valence-corrected chi connectivity index (χ2v) is 4.75. The molecule has 100 valence electrons. The van der Waals surface area contributed by atoms with E-state index in [1.54, 1.807) is 6.92 Å². The molecule has 0 amide bonds. The first-order valence-corrected chi connectivity index (χ1v) is 5.51. The minimum Gasteiger partial charge on any atom is -0.387 e. The topological polar surface area (TPSA) is 91.5 Å². The van der Waals surface area contributed by atoms with E-state index in [1.807, 2.05) is 19.0 Å². The van der Waals surface area contributed by atoms with Crippen LogP contribution in [0.4, 0.5) is 11.5 Å². The lowest BCUT2D eigenvalue weighted by Gasteiger charge is -2.27. The summed E-state index contributed by atoms with van der Waals surface area (Å²) in [4.78, 5) is 15.7. The maximum atomic E-state index is 10.5. The minimum absolute atomic E-state index is 0.0550. The summed E-state index contributed by atoms with van der Waals surface area (Å²) in [6, 6.07) is 2.89. The lowest BCUT2D eigenvalue weighted by atomic mass is 10.1. The van der Waals surface area contributed by atoms with Crippen LogP contribution in [0.2, 0.25) is 0 Å². The SMILES string of the molecule is CN(C)CC(C)(O)CNc1ccc([N+](=O)[O-])cn1. The molecule has 1 rings (SSSR count). The second kappa shape index (κ2) is 5.74. The molecule has 1 unspecified atom stereocenters. The molecule has 0 aliphatic heterocycles. The molecule has 1 atom stereocenters. The zero-order valence-electron chi connectivity index (χ0n) is 10.8. The quantitative estimate of drug-likeness (QED) is 0.574. The number of hydrogen-bond acceptors (Lipinski definition) is 6. The van der Waals surface area contributed by atoms with Crippen LogP contribution in [-0.2, 0) is 0 Å². The van der Waals surface area contributed by atoms with Crippen molar-refractivity contribution < 1.29 is 10.0 Å². The number of nitrogens with zero attached hydrogens (tertiary/aromatic N) is 3. The molecule has 7 nitrogen and oxygen atoms in total. The fourth-order valence-corrected chi connectivity index (χ4v) is 1.62. The number of pyridine rings is 1. The third-order valence-electron chi connectivity index (χ3n) is 2.27. The molecule has 0 spiro atoms. The predicted octanol–water partition coefficient (Wildman–Crippen LogP) is 0.714. The smallest absolute Gasteiger partial charge is 0.287 e. The van der Waals surface area contributed by atoms with Gasteiger partial charge in [-0.3, -0.25) is 10.1 Å². The average Bonchev–Trinajstić information content (AvgIpc) is 2.25. The average molecular weight is 254 g/mol. The van der Waals surface area contributed by atoms with Gasteiger partial charge in [-0.1, -0.05) is 0 Å². The second-order valence-electron chi connectivity index (χ2n) is 4.75. The molecule has 0 saturated heterocycles. The maximum Gasteiger partial charge on any atom is 0.287 e. The van der Waals surface area contributed by atoms with Gasteiger partial charge in [-0.05, 0) is 27.1 Å². The van der Waals surface area contributed by atoms with E-state index in [9.17, 15) is 15.2 Å². The monoisotopic (exact) mass is 254 g/mol. The van der Waals surface area contributed by atoms with Crippen LogP contribution in [0, 0.1) is 10.1 Å². The molecule has 1 heterocycles. The summed E-state index contributed by atoms with van der Waals surface area (Å²) in [6.07, 6.45) is 1.18. The summed E-state index contributed by atoms with van der Waals surface area (Å²) in [7, 11) is 3.75. The number of aliphatic hydroxyl groups is 1. The van der Waals surface area contributed by atoms with E-state index in [2.05, 4.69) is 10.3 Å². The molecule has 1 aromatic rings. The Labute approximate surface area is 106 Å². The van der Waals surface area contributed by atoms with Gasteiger partial charge in [0.05, 0.1) is 10.5 Å². The highest BCUT2D eigenvalue weighted by atomic mass is 16.6. The maximum absolute atomic E-state index is 10.5. The van der Waals surface area contributed by atoms with Crippen LogP contribution in [0.1, 0.15) is 6.92 Å². The van der Waals surface area contributed by atoms with Gasteiger partial charge < -0.3 is 15.3 Å². The Kier molecular flexibility index (Phi) is 4.57. The lowest BCUT2D eigenvalue weighted by Crippen LogP contribution is -2.43. The summed E-state index contributed by atoms with van der Waals surface area (Å²) in [5.74, 6) is 0.500. The van der Waals surface area contributed by atoms with Crippen LogP contribution in [0.3, 0.4) is 0 Å². The number of likely N-dealkylation sites (N-methyl/N-ethyl adjacent to an activating group) is 1. The standard InChI is InChI=1S/C11H18N4O3/c1-11(16,8-14(2)3)7-13-10-5-4-9(6-12-10)15(17)18/h4-6,16H,7-8H2,1-3H3,(H,12,13). The van der Waals surface area contributed by atoms with Crippen molar-refractivity contribution in [1.82, 2.24) is 9.88 Å². The molecule has 2 N–H and O–H groups in total. The van der Waals surface area contributed by atoms with E-state index in [0.717, 1.165) is 0 Å². The van der Waals surface area contributed by atoms with Gasteiger partial charge in [-0.2, -0.15) is 0 Å². The van der Waals surface area contributed by atoms with Crippen molar-refractivity contribution in [3.63, 3.8) is 0 Å². The largest absolute Gasteiger partial charge is 0.387 e. The van der Waals surface area contributed by atoms with E-state index in [0.29, 0.717) is 18.9 Å². The van der Waals surface area contributed by atoms with Crippen molar-refractivity contribution in [3.05, 3.63) is 28.4 Å². The van der Waals surface area contributed by atoms with E-state index in [-0.39, 0.29) is 5.69 Å². The Morgan fingerprint density at radius 3 is 2.67 bits per heavy atom. The number of rotatable bonds is 6. The third kappa shape index (κ3) is 4.64. The van der Waals surface area contributed by atoms with Crippen molar-refractivity contribution in [3.8, 4) is 0 Å². The van der Waals surface area contributed by atoms with Crippen molar-refractivity contribution in [2.75, 3.05) is 32.5 Å². The van der Waals surface area contributed by atoms with E-state index in [4.69, 9.17) is 0 Å². The normalized spacial score (nSPS) is 14.3. The number of nitro groups is 1. The Morgan fingerprint density at radius 2 is 2.22 bits per heavy atom. The predicted molar refractivity (Wildman–Crippen MR) is 68.6 cm³/mol. The zero-order valence-corrected chi connectivity index (χ0v) is 10.8. The van der Waals surface area contributed by atoms with Crippen LogP contribution >= 0.6 is 0 Å². The van der Waals surface area contributed by atoms with Gasteiger partial charge in [0, 0.05) is 19.2 Å². The minimum atomic E-state index is -0.896. The molecule has 0 aliphatic carbocycles. The lowest BCUT2D eigenvalue weighted by molar-refractivity contribution is -0.385. The first-order valence-electron chi connectivity index (χ1n) is 5.51. The Bertz CT molecular complexity index is 403. The van der Waals surface area contributed by atoms with Crippen molar-refractivity contribution in [2.24, 2.45) is 0 Å². The van der Waals surface area contributed by atoms with E-state index in [1.165, 1.54) is 18.3 Å². The molecule has 18 heavy (non-hydrogen) atoms. The molecular weight excluding hydrogens is 236 g/mol. The summed E-state index contributed by atoms with van der Waals surface area (Å²) >= 11 is 0. The fraction of sp³-hybridized carbons (Fsp3) is 0.545. The summed E-state index contributed by atoms with van der Waals surface area (Å²) in [5.41, 5.74) is -0.951. The number of aromatic nitrogens is 1. The van der Waals surface area contributed by atoms with Crippen molar-refractivity contribution in [1.29, 1.82) is 0 Å². The Hall–Kier alpha value is -1.73. The van der Waals surface area contributed by atoms with Gasteiger partial charge in [0.15, 0.2) is 0 Å². The third-order valence-corrected chi connectivity index (χ3v) is 2.27. The van der Waals surface area contributed by atoms with Crippen LogP contribution < -0.4 is 5.32 Å². The first kappa shape index (κ1) is 14.3. The summed E-state index contributed by atoms with van der Waals surface area (Å²) in [5, 5.41) is 23.4. The molecule has 0 radical (unpaired) electrons. The van der Waals surface area contributed by atoms with Crippen LogP contribution in [0.15, 0.2) is 18.3 Å². The summed E-state index contributed by atoms with van der Waals surface area (Å²) in [6.45, 7) is 2.54. The molecule has 1 aromatic heterocycles. The molecule has 0 fully saturated rings. The number of nitrogens with one attached hydrogen (secondary N) is 1.